The molecular weight excluding hydrogens is 336 g/mol. The van der Waals surface area contributed by atoms with E-state index in [0.29, 0.717) is 23.2 Å². The molecule has 0 aliphatic heterocycles. The molecule has 2 N–H and O–H groups in total. The molecule has 0 aromatic heterocycles. The molecule has 1 rings (SSSR count). The zero-order valence-electron chi connectivity index (χ0n) is 10.6. The molecule has 0 spiro atoms. The minimum Gasteiger partial charge on any atom is -0.478 e. The van der Waals surface area contributed by atoms with Crippen molar-refractivity contribution >= 4 is 37.8 Å². The molecule has 1 aromatic carbocycles. The van der Waals surface area contributed by atoms with Gasteiger partial charge >= 0.3 is 16.2 Å². The fraction of sp³-hybridized carbons (Fsp3) is 0.364. The van der Waals surface area contributed by atoms with Crippen LogP contribution >= 0.6 is 15.9 Å². The lowest BCUT2D eigenvalue weighted by Gasteiger charge is -2.20. The number of rotatable bonds is 6. The summed E-state index contributed by atoms with van der Waals surface area (Å²) in [6.07, 6.45) is 0. The van der Waals surface area contributed by atoms with Crippen LogP contribution in [0.25, 0.3) is 0 Å². The zero-order chi connectivity index (χ0) is 14.6. The molecule has 0 radical (unpaired) electrons. The Hall–Kier alpha value is -1.12. The van der Waals surface area contributed by atoms with Crippen molar-refractivity contribution in [2.45, 2.75) is 13.8 Å². The number of benzene rings is 1. The van der Waals surface area contributed by atoms with Crippen molar-refractivity contribution in [3.63, 3.8) is 0 Å². The molecule has 6 nitrogen and oxygen atoms in total. The molecule has 0 saturated heterocycles. The molecule has 0 amide bonds. The highest BCUT2D eigenvalue weighted by Gasteiger charge is 2.19. The monoisotopic (exact) mass is 350 g/mol. The molecule has 8 heteroatoms. The third-order valence-corrected chi connectivity index (χ3v) is 4.83. The van der Waals surface area contributed by atoms with Gasteiger partial charge in [0.25, 0.3) is 0 Å². The fourth-order valence-electron chi connectivity index (χ4n) is 1.50. The number of nitrogens with one attached hydrogen (secondary N) is 1. The van der Waals surface area contributed by atoms with Gasteiger partial charge in [-0.05, 0) is 34.1 Å². The molecule has 106 valence electrons. The van der Waals surface area contributed by atoms with Gasteiger partial charge in [-0.1, -0.05) is 13.8 Å². The lowest BCUT2D eigenvalue weighted by atomic mass is 10.2. The number of halogens is 1. The summed E-state index contributed by atoms with van der Waals surface area (Å²) in [4.78, 5) is 10.8. The van der Waals surface area contributed by atoms with Crippen LogP contribution in [-0.2, 0) is 10.2 Å². The number of carboxylic acid groups (broad SMARTS) is 1. The van der Waals surface area contributed by atoms with Crippen molar-refractivity contribution < 1.29 is 18.3 Å². The van der Waals surface area contributed by atoms with E-state index < -0.39 is 16.2 Å². The van der Waals surface area contributed by atoms with Crippen molar-refractivity contribution in [2.75, 3.05) is 17.8 Å². The standard InChI is InChI=1S/C11H15BrN2O4S/c1-3-14(4-2)19(17,18)13-10-6-5-8(11(15)16)7-9(10)12/h5-7,13H,3-4H2,1-2H3,(H,15,16). The van der Waals surface area contributed by atoms with Crippen LogP contribution in [0.1, 0.15) is 24.2 Å². The first-order chi connectivity index (χ1) is 8.81. The Bertz CT molecular complexity index is 570. The van der Waals surface area contributed by atoms with Crippen LogP contribution in [0.3, 0.4) is 0 Å². The molecule has 0 saturated carbocycles. The zero-order valence-corrected chi connectivity index (χ0v) is 13.0. The van der Waals surface area contributed by atoms with Crippen LogP contribution in [-0.4, -0.2) is 36.9 Å². The van der Waals surface area contributed by atoms with Crippen LogP contribution in [0.5, 0.6) is 0 Å². The Balaban J connectivity index is 3.04. The highest BCUT2D eigenvalue weighted by atomic mass is 79.9. The van der Waals surface area contributed by atoms with E-state index in [0.717, 1.165) is 0 Å². The molecule has 19 heavy (non-hydrogen) atoms. The van der Waals surface area contributed by atoms with Gasteiger partial charge in [-0.15, -0.1) is 0 Å². The molecular formula is C11H15BrN2O4S. The smallest absolute Gasteiger partial charge is 0.335 e. The third-order valence-electron chi connectivity index (χ3n) is 2.50. The van der Waals surface area contributed by atoms with Gasteiger partial charge in [-0.25, -0.2) is 4.79 Å². The summed E-state index contributed by atoms with van der Waals surface area (Å²) in [5, 5.41) is 8.83. The summed E-state index contributed by atoms with van der Waals surface area (Å²) >= 11 is 3.15. The van der Waals surface area contributed by atoms with Gasteiger partial charge < -0.3 is 5.11 Å². The fourth-order valence-corrected chi connectivity index (χ4v) is 3.37. The molecule has 0 aliphatic carbocycles. The molecule has 0 aliphatic rings. The highest BCUT2D eigenvalue weighted by molar-refractivity contribution is 9.10. The maximum Gasteiger partial charge on any atom is 0.335 e. The van der Waals surface area contributed by atoms with Gasteiger partial charge in [0.05, 0.1) is 11.3 Å². The van der Waals surface area contributed by atoms with E-state index in [9.17, 15) is 13.2 Å². The topological polar surface area (TPSA) is 86.7 Å². The van der Waals surface area contributed by atoms with Crippen LogP contribution in [0.15, 0.2) is 22.7 Å². The minimum absolute atomic E-state index is 0.0812. The first-order valence-electron chi connectivity index (χ1n) is 5.62. The summed E-state index contributed by atoms with van der Waals surface area (Å²) in [5.74, 6) is -1.07. The van der Waals surface area contributed by atoms with Crippen LogP contribution in [0.4, 0.5) is 5.69 Å². The number of carbonyl (C=O) groups is 1. The van der Waals surface area contributed by atoms with E-state index in [1.807, 2.05) is 0 Å². The lowest BCUT2D eigenvalue weighted by Crippen LogP contribution is -2.35. The lowest BCUT2D eigenvalue weighted by molar-refractivity contribution is 0.0697. The van der Waals surface area contributed by atoms with E-state index in [-0.39, 0.29) is 5.56 Å². The van der Waals surface area contributed by atoms with Gasteiger partial charge in [-0.2, -0.15) is 12.7 Å². The Labute approximate surface area is 120 Å². The van der Waals surface area contributed by atoms with E-state index >= 15 is 0 Å². The number of aromatic carboxylic acids is 1. The number of anilines is 1. The van der Waals surface area contributed by atoms with Gasteiger partial charge in [0, 0.05) is 17.6 Å². The Kier molecular flexibility index (Phi) is 5.33. The predicted molar refractivity (Wildman–Crippen MR) is 76.6 cm³/mol. The number of carboxylic acids is 1. The van der Waals surface area contributed by atoms with E-state index in [1.165, 1.54) is 22.5 Å². The molecule has 0 unspecified atom stereocenters. The van der Waals surface area contributed by atoms with Crippen molar-refractivity contribution in [1.29, 1.82) is 0 Å². The largest absolute Gasteiger partial charge is 0.478 e. The Morgan fingerprint density at radius 2 is 1.95 bits per heavy atom. The SMILES string of the molecule is CCN(CC)S(=O)(=O)Nc1ccc(C(=O)O)cc1Br. The first kappa shape index (κ1) is 15.9. The predicted octanol–water partition coefficient (Wildman–Crippen LogP) is 2.15. The summed E-state index contributed by atoms with van der Waals surface area (Å²) in [5.41, 5.74) is 0.384. The van der Waals surface area contributed by atoms with E-state index in [4.69, 9.17) is 5.11 Å². The molecule has 0 bridgehead atoms. The molecule has 1 aromatic rings. The first-order valence-corrected chi connectivity index (χ1v) is 7.85. The van der Waals surface area contributed by atoms with Gasteiger partial charge in [0.15, 0.2) is 0 Å². The summed E-state index contributed by atoms with van der Waals surface area (Å²) in [7, 11) is -3.63. The molecule has 0 heterocycles. The number of hydrogen-bond acceptors (Lipinski definition) is 3. The van der Waals surface area contributed by atoms with Crippen molar-refractivity contribution in [1.82, 2.24) is 4.31 Å². The Morgan fingerprint density at radius 1 is 1.37 bits per heavy atom. The highest BCUT2D eigenvalue weighted by Crippen LogP contribution is 2.25. The second-order valence-corrected chi connectivity index (χ2v) is 6.22. The summed E-state index contributed by atoms with van der Waals surface area (Å²) in [6.45, 7) is 4.20. The van der Waals surface area contributed by atoms with Gasteiger partial charge in [0.2, 0.25) is 0 Å². The van der Waals surface area contributed by atoms with Crippen LogP contribution < -0.4 is 4.72 Å². The average molecular weight is 351 g/mol. The molecule has 0 atom stereocenters. The van der Waals surface area contributed by atoms with E-state index in [2.05, 4.69) is 20.7 Å². The maximum absolute atomic E-state index is 12.0. The van der Waals surface area contributed by atoms with Crippen LogP contribution in [0, 0.1) is 0 Å². The summed E-state index contributed by atoms with van der Waals surface area (Å²) in [6, 6.07) is 4.10. The second-order valence-electron chi connectivity index (χ2n) is 3.69. The van der Waals surface area contributed by atoms with Crippen molar-refractivity contribution in [2.24, 2.45) is 0 Å². The third kappa shape index (κ3) is 3.92. The molecule has 0 fully saturated rings. The quantitative estimate of drug-likeness (QED) is 0.822. The average Bonchev–Trinajstić information content (AvgIpc) is 2.32. The number of nitrogens with zero attached hydrogens (tertiary/aromatic N) is 1. The maximum atomic E-state index is 12.0. The minimum atomic E-state index is -3.63. The van der Waals surface area contributed by atoms with Crippen molar-refractivity contribution in [3.8, 4) is 0 Å². The van der Waals surface area contributed by atoms with Gasteiger partial charge in [-0.3, -0.25) is 4.72 Å². The normalized spacial score (nSPS) is 11.6. The van der Waals surface area contributed by atoms with E-state index in [1.54, 1.807) is 13.8 Å². The second kappa shape index (κ2) is 6.36. The van der Waals surface area contributed by atoms with Crippen molar-refractivity contribution in [3.05, 3.63) is 28.2 Å². The van der Waals surface area contributed by atoms with Crippen LogP contribution in [0.2, 0.25) is 0 Å². The van der Waals surface area contributed by atoms with Gasteiger partial charge in [0.1, 0.15) is 0 Å². The Morgan fingerprint density at radius 3 is 2.37 bits per heavy atom. The summed E-state index contributed by atoms with van der Waals surface area (Å²) < 4.78 is 28.1. The number of hydrogen-bond donors (Lipinski definition) is 2.